The average Bonchev–Trinajstić information content (AvgIpc) is 2.59. The van der Waals surface area contributed by atoms with Gasteiger partial charge in [0.25, 0.3) is 5.91 Å². The Bertz CT molecular complexity index is 837. The van der Waals surface area contributed by atoms with Gasteiger partial charge in [0.2, 0.25) is 0 Å². The molecule has 26 heavy (non-hydrogen) atoms. The molecule has 0 unspecified atom stereocenters. The third-order valence-electron chi connectivity index (χ3n) is 4.46. The lowest BCUT2D eigenvalue weighted by atomic mass is 10.0. The number of amides is 1. The van der Waals surface area contributed by atoms with Crippen molar-refractivity contribution in [3.05, 3.63) is 69.3 Å². The molecule has 5 heteroatoms. The smallest absolute Gasteiger partial charge is 0.259 e. The van der Waals surface area contributed by atoms with Crippen LogP contribution >= 0.6 is 11.6 Å². The van der Waals surface area contributed by atoms with Crippen LogP contribution in [0.1, 0.15) is 52.3 Å². The Hall–Kier alpha value is -2.20. The second kappa shape index (κ2) is 8.45. The number of halogens is 2. The quantitative estimate of drug-likeness (QED) is 0.669. The number of nitrogens with zero attached hydrogens (tertiary/aromatic N) is 1. The molecule has 0 bridgehead atoms. The van der Waals surface area contributed by atoms with Crippen LogP contribution in [0.2, 0.25) is 5.02 Å². The van der Waals surface area contributed by atoms with Gasteiger partial charge in [0, 0.05) is 11.4 Å². The Kier molecular flexibility index (Phi) is 6.54. The SMILES string of the molecule is C=CCc1c(C)nc(C)c(C(=O)Nc2c(CC)cc(F)cc2CC)c1Cl. The predicted octanol–water partition coefficient (Wildman–Crippen LogP) is 5.60. The minimum absolute atomic E-state index is 0.295. The number of hydrogen-bond donors (Lipinski definition) is 1. The maximum Gasteiger partial charge on any atom is 0.259 e. The Balaban J connectivity index is 2.52. The highest BCUT2D eigenvalue weighted by molar-refractivity contribution is 6.35. The number of aryl methyl sites for hydroxylation is 4. The summed E-state index contributed by atoms with van der Waals surface area (Å²) in [5.74, 6) is -0.627. The number of hydrogen-bond acceptors (Lipinski definition) is 2. The molecular formula is C21H24ClFN2O. The third-order valence-corrected chi connectivity index (χ3v) is 4.88. The van der Waals surface area contributed by atoms with Crippen LogP contribution in [0.5, 0.6) is 0 Å². The van der Waals surface area contributed by atoms with Crippen LogP contribution in [-0.4, -0.2) is 10.9 Å². The maximum atomic E-state index is 13.8. The van der Waals surface area contributed by atoms with Crippen LogP contribution < -0.4 is 5.32 Å². The largest absolute Gasteiger partial charge is 0.321 e. The second-order valence-electron chi connectivity index (χ2n) is 6.20. The maximum absolute atomic E-state index is 13.8. The number of pyridine rings is 1. The first-order valence-electron chi connectivity index (χ1n) is 8.73. The van der Waals surface area contributed by atoms with E-state index in [9.17, 15) is 9.18 Å². The van der Waals surface area contributed by atoms with Gasteiger partial charge in [0.1, 0.15) is 5.82 Å². The molecule has 1 N–H and O–H groups in total. The van der Waals surface area contributed by atoms with Gasteiger partial charge in [-0.05, 0) is 61.9 Å². The third kappa shape index (κ3) is 3.96. The average molecular weight is 375 g/mol. The Morgan fingerprint density at radius 2 is 1.81 bits per heavy atom. The molecule has 138 valence electrons. The van der Waals surface area contributed by atoms with Crippen molar-refractivity contribution in [3.8, 4) is 0 Å². The minimum atomic E-state index is -0.332. The van der Waals surface area contributed by atoms with E-state index in [0.29, 0.717) is 41.2 Å². The first-order chi connectivity index (χ1) is 12.3. The summed E-state index contributed by atoms with van der Waals surface area (Å²) >= 11 is 6.52. The topological polar surface area (TPSA) is 42.0 Å². The van der Waals surface area contributed by atoms with Gasteiger partial charge < -0.3 is 5.32 Å². The van der Waals surface area contributed by atoms with Crippen molar-refractivity contribution >= 4 is 23.2 Å². The molecule has 1 aromatic carbocycles. The summed E-state index contributed by atoms with van der Waals surface area (Å²) in [6, 6.07) is 2.92. The normalized spacial score (nSPS) is 10.7. The van der Waals surface area contributed by atoms with Gasteiger partial charge in [-0.25, -0.2) is 4.39 Å². The zero-order valence-corrected chi connectivity index (χ0v) is 16.4. The molecule has 0 fully saturated rings. The molecule has 0 saturated carbocycles. The van der Waals surface area contributed by atoms with E-state index in [-0.39, 0.29) is 11.7 Å². The van der Waals surface area contributed by atoms with Crippen molar-refractivity contribution < 1.29 is 9.18 Å². The van der Waals surface area contributed by atoms with Crippen LogP contribution in [0, 0.1) is 19.7 Å². The molecule has 0 spiro atoms. The molecule has 1 heterocycles. The Labute approximate surface area is 159 Å². The molecule has 0 atom stereocenters. The molecule has 0 saturated heterocycles. The van der Waals surface area contributed by atoms with E-state index < -0.39 is 0 Å². The highest BCUT2D eigenvalue weighted by Crippen LogP contribution is 2.29. The van der Waals surface area contributed by atoms with E-state index in [1.54, 1.807) is 13.0 Å². The molecule has 0 aliphatic rings. The Morgan fingerprint density at radius 3 is 2.31 bits per heavy atom. The van der Waals surface area contributed by atoms with E-state index in [2.05, 4.69) is 16.9 Å². The molecule has 1 aromatic heterocycles. The number of rotatable bonds is 6. The monoisotopic (exact) mass is 374 g/mol. The van der Waals surface area contributed by atoms with E-state index in [0.717, 1.165) is 22.4 Å². The van der Waals surface area contributed by atoms with Gasteiger partial charge in [-0.15, -0.1) is 6.58 Å². The summed E-state index contributed by atoms with van der Waals surface area (Å²) in [7, 11) is 0. The molecular weight excluding hydrogens is 351 g/mol. The molecule has 0 radical (unpaired) electrons. The number of aromatic nitrogens is 1. The van der Waals surface area contributed by atoms with Gasteiger partial charge in [-0.1, -0.05) is 31.5 Å². The van der Waals surface area contributed by atoms with Crippen LogP contribution in [0.4, 0.5) is 10.1 Å². The van der Waals surface area contributed by atoms with E-state index >= 15 is 0 Å². The summed E-state index contributed by atoms with van der Waals surface area (Å²) in [5, 5.41) is 3.33. The summed E-state index contributed by atoms with van der Waals surface area (Å²) in [5.41, 5.74) is 4.67. The van der Waals surface area contributed by atoms with Crippen LogP contribution in [0.15, 0.2) is 24.8 Å². The zero-order chi connectivity index (χ0) is 19.4. The van der Waals surface area contributed by atoms with Crippen molar-refractivity contribution in [1.82, 2.24) is 4.98 Å². The lowest BCUT2D eigenvalue weighted by Gasteiger charge is -2.17. The Morgan fingerprint density at radius 1 is 1.23 bits per heavy atom. The van der Waals surface area contributed by atoms with Crippen LogP contribution in [0.3, 0.4) is 0 Å². The van der Waals surface area contributed by atoms with Crippen molar-refractivity contribution in [2.75, 3.05) is 5.32 Å². The molecule has 0 aliphatic carbocycles. The van der Waals surface area contributed by atoms with Crippen molar-refractivity contribution in [2.45, 2.75) is 47.0 Å². The zero-order valence-electron chi connectivity index (χ0n) is 15.7. The van der Waals surface area contributed by atoms with Gasteiger partial charge in [-0.2, -0.15) is 0 Å². The fourth-order valence-electron chi connectivity index (χ4n) is 3.11. The molecule has 1 amide bonds. The number of allylic oxidation sites excluding steroid dienone is 1. The fourth-order valence-corrected chi connectivity index (χ4v) is 3.54. The highest BCUT2D eigenvalue weighted by Gasteiger charge is 2.21. The number of anilines is 1. The minimum Gasteiger partial charge on any atom is -0.321 e. The van der Waals surface area contributed by atoms with Gasteiger partial charge >= 0.3 is 0 Å². The molecule has 2 rings (SSSR count). The van der Waals surface area contributed by atoms with Crippen molar-refractivity contribution in [1.29, 1.82) is 0 Å². The lowest BCUT2D eigenvalue weighted by molar-refractivity contribution is 0.102. The summed E-state index contributed by atoms with van der Waals surface area (Å²) in [6.45, 7) is 11.2. The summed E-state index contributed by atoms with van der Waals surface area (Å²) in [4.78, 5) is 17.5. The molecule has 2 aromatic rings. The predicted molar refractivity (Wildman–Crippen MR) is 106 cm³/mol. The number of benzene rings is 1. The standard InChI is InChI=1S/C21H24ClFN2O/c1-6-9-17-12(4)24-13(5)18(19(17)22)21(26)25-20-14(7-2)10-16(23)11-15(20)8-3/h6,10-11H,1,7-9H2,2-5H3,(H,25,26). The van der Waals surface area contributed by atoms with E-state index in [1.807, 2.05) is 20.8 Å². The van der Waals surface area contributed by atoms with Gasteiger partial charge in [0.15, 0.2) is 0 Å². The van der Waals surface area contributed by atoms with E-state index in [4.69, 9.17) is 11.6 Å². The highest BCUT2D eigenvalue weighted by atomic mass is 35.5. The number of carbonyl (C=O) groups excluding carboxylic acids is 1. The first kappa shape index (κ1) is 20.1. The first-order valence-corrected chi connectivity index (χ1v) is 9.10. The second-order valence-corrected chi connectivity index (χ2v) is 6.58. The van der Waals surface area contributed by atoms with Crippen molar-refractivity contribution in [3.63, 3.8) is 0 Å². The van der Waals surface area contributed by atoms with E-state index in [1.165, 1.54) is 12.1 Å². The molecule has 3 nitrogen and oxygen atoms in total. The summed E-state index contributed by atoms with van der Waals surface area (Å²) in [6.07, 6.45) is 3.49. The number of nitrogens with one attached hydrogen (secondary N) is 1. The fraction of sp³-hybridized carbons (Fsp3) is 0.333. The van der Waals surface area contributed by atoms with Crippen molar-refractivity contribution in [2.24, 2.45) is 0 Å². The van der Waals surface area contributed by atoms with Gasteiger partial charge in [-0.3, -0.25) is 9.78 Å². The van der Waals surface area contributed by atoms with Crippen LogP contribution in [0.25, 0.3) is 0 Å². The van der Waals surface area contributed by atoms with Gasteiger partial charge in [0.05, 0.1) is 16.3 Å². The lowest BCUT2D eigenvalue weighted by Crippen LogP contribution is -2.18. The number of carbonyl (C=O) groups is 1. The molecule has 0 aliphatic heterocycles. The van der Waals surface area contributed by atoms with Crippen LogP contribution in [-0.2, 0) is 19.3 Å². The summed E-state index contributed by atoms with van der Waals surface area (Å²) < 4.78 is 13.8.